The van der Waals surface area contributed by atoms with Gasteiger partial charge in [0.2, 0.25) is 0 Å². The standard InChI is InChI=1S/C40H51F9O12S2/c1-10-52-25-19-28(55-13-4)34(29(20-25)56-14-5)62(35-30(57-15-6)21-26(53-11-2)22-31(35)58-16-7,36-32(59-17-8)23-27(54-12-3)24-33(36)60-18-9)61-63(50,51)40(48,49)38(43,44)37(41,42)39(45,46)47/h19-24H,10-18H2,1-9H3. The summed E-state index contributed by atoms with van der Waals surface area (Å²) in [5, 5.41) is -7.40. The molecule has 0 spiro atoms. The summed E-state index contributed by atoms with van der Waals surface area (Å²) in [6.07, 6.45) is -7.41. The third-order valence-corrected chi connectivity index (χ3v) is 13.5. The first-order chi connectivity index (χ1) is 29.5. The van der Waals surface area contributed by atoms with Crippen LogP contribution in [0.15, 0.2) is 51.1 Å². The van der Waals surface area contributed by atoms with E-state index in [9.17, 15) is 30.4 Å². The Morgan fingerprint density at radius 2 is 0.603 bits per heavy atom. The number of rotatable bonds is 26. The van der Waals surface area contributed by atoms with E-state index in [2.05, 4.69) is 0 Å². The summed E-state index contributed by atoms with van der Waals surface area (Å²) in [6.45, 7) is 11.6. The number of alkyl halides is 9. The maximum absolute atomic E-state index is 16.4. The lowest BCUT2D eigenvalue weighted by Gasteiger charge is -2.44. The van der Waals surface area contributed by atoms with E-state index in [1.54, 1.807) is 20.8 Å². The molecule has 3 aromatic carbocycles. The van der Waals surface area contributed by atoms with Gasteiger partial charge in [0.15, 0.2) is 0 Å². The Hall–Kier alpha value is -4.51. The third-order valence-electron chi connectivity index (χ3n) is 8.20. The van der Waals surface area contributed by atoms with Gasteiger partial charge in [-0.2, -0.15) is 47.9 Å². The van der Waals surface area contributed by atoms with Crippen LogP contribution in [0.3, 0.4) is 0 Å². The zero-order chi connectivity index (χ0) is 47.6. The topological polar surface area (TPSA) is 126 Å². The lowest BCUT2D eigenvalue weighted by molar-refractivity contribution is -0.382. The number of hydrogen-bond acceptors (Lipinski definition) is 12. The predicted octanol–water partition coefficient (Wildman–Crippen LogP) is 11.2. The van der Waals surface area contributed by atoms with Crippen LogP contribution in [0.5, 0.6) is 51.7 Å². The van der Waals surface area contributed by atoms with Gasteiger partial charge in [0, 0.05) is 36.4 Å². The Labute approximate surface area is 361 Å². The second kappa shape index (κ2) is 21.4. The molecule has 0 N–H and O–H groups in total. The van der Waals surface area contributed by atoms with E-state index in [1.807, 2.05) is 0 Å². The normalized spacial score (nSPS) is 13.0. The molecule has 0 aliphatic heterocycles. The van der Waals surface area contributed by atoms with Crippen LogP contribution in [0.1, 0.15) is 62.3 Å². The highest BCUT2D eigenvalue weighted by Crippen LogP contribution is 2.82. The molecule has 0 aliphatic rings. The molecule has 0 aliphatic carbocycles. The maximum Gasteiger partial charge on any atom is 0.460 e. The van der Waals surface area contributed by atoms with E-state index >= 15 is 17.6 Å². The molecule has 3 aromatic rings. The smallest absolute Gasteiger partial charge is 0.460 e. The Morgan fingerprint density at radius 1 is 0.381 bits per heavy atom. The van der Waals surface area contributed by atoms with Crippen LogP contribution >= 0.6 is 10.3 Å². The van der Waals surface area contributed by atoms with Gasteiger partial charge in [-0.3, -0.25) is 0 Å². The number of ether oxygens (including phenoxy) is 9. The van der Waals surface area contributed by atoms with Crippen molar-refractivity contribution in [1.82, 2.24) is 0 Å². The summed E-state index contributed by atoms with van der Waals surface area (Å²) in [6, 6.07) is 6.82. The summed E-state index contributed by atoms with van der Waals surface area (Å²) in [5.41, 5.74) is 0. The maximum atomic E-state index is 16.4. The second-order valence-corrected chi connectivity index (χ2v) is 16.7. The van der Waals surface area contributed by atoms with Crippen molar-refractivity contribution in [3.8, 4) is 51.7 Å². The molecule has 0 aromatic heterocycles. The molecule has 0 fully saturated rings. The van der Waals surface area contributed by atoms with Crippen molar-refractivity contribution >= 4 is 20.4 Å². The molecule has 23 heteroatoms. The summed E-state index contributed by atoms with van der Waals surface area (Å²) in [4.78, 5) is -2.17. The van der Waals surface area contributed by atoms with Crippen LogP contribution in [0.25, 0.3) is 0 Å². The number of benzene rings is 3. The molecule has 0 heterocycles. The van der Waals surface area contributed by atoms with Gasteiger partial charge in [-0.25, -0.2) is 3.63 Å². The minimum Gasteiger partial charge on any atom is -0.494 e. The van der Waals surface area contributed by atoms with E-state index in [4.69, 9.17) is 46.3 Å². The minimum atomic E-state index is -7.87. The first-order valence-corrected chi connectivity index (χ1v) is 22.7. The quantitative estimate of drug-likeness (QED) is 0.0711. The van der Waals surface area contributed by atoms with Gasteiger partial charge in [0.25, 0.3) is 0 Å². The Kier molecular flexibility index (Phi) is 18.0. The molecule has 0 amide bonds. The van der Waals surface area contributed by atoms with Crippen LogP contribution in [-0.4, -0.2) is 91.2 Å². The van der Waals surface area contributed by atoms with Crippen LogP contribution in [0, 0.1) is 0 Å². The van der Waals surface area contributed by atoms with Gasteiger partial charge < -0.3 is 42.6 Å². The van der Waals surface area contributed by atoms with E-state index in [-0.39, 0.29) is 76.7 Å². The van der Waals surface area contributed by atoms with E-state index in [1.165, 1.54) is 41.5 Å². The highest BCUT2D eigenvalue weighted by molar-refractivity contribution is 8.33. The van der Waals surface area contributed by atoms with Crippen molar-refractivity contribution in [3.05, 3.63) is 36.4 Å². The molecule has 358 valence electrons. The molecule has 0 bridgehead atoms. The van der Waals surface area contributed by atoms with Gasteiger partial charge in [-0.05, 0) is 72.6 Å². The Morgan fingerprint density at radius 3 is 0.794 bits per heavy atom. The van der Waals surface area contributed by atoms with Crippen molar-refractivity contribution in [2.24, 2.45) is 0 Å². The van der Waals surface area contributed by atoms with Crippen molar-refractivity contribution in [1.29, 1.82) is 0 Å². The molecule has 0 saturated heterocycles. The molecule has 0 unspecified atom stereocenters. The number of halogens is 9. The van der Waals surface area contributed by atoms with Crippen LogP contribution in [0.2, 0.25) is 0 Å². The van der Waals surface area contributed by atoms with Crippen LogP contribution in [-0.2, 0) is 13.7 Å². The van der Waals surface area contributed by atoms with Gasteiger partial charge in [0.05, 0.1) is 59.5 Å². The van der Waals surface area contributed by atoms with Gasteiger partial charge >= 0.3 is 33.4 Å². The summed E-state index contributed by atoms with van der Waals surface area (Å²) in [5.74, 6) is -18.6. The fraction of sp³-hybridized carbons (Fsp3) is 0.550. The average molecular weight is 959 g/mol. The lowest BCUT2D eigenvalue weighted by atomic mass is 10.1. The Balaban J connectivity index is 3.07. The zero-order valence-corrected chi connectivity index (χ0v) is 37.6. The molecule has 3 rings (SSSR count). The fourth-order valence-electron chi connectivity index (χ4n) is 5.94. The molecular weight excluding hydrogens is 908 g/mol. The van der Waals surface area contributed by atoms with Crippen LogP contribution < -0.4 is 42.6 Å². The molecular formula is C40H51F9O12S2. The molecule has 0 radical (unpaired) electrons. The first kappa shape index (κ1) is 52.8. The lowest BCUT2D eigenvalue weighted by Crippen LogP contribution is -2.63. The van der Waals surface area contributed by atoms with Gasteiger partial charge in [-0.15, -0.1) is 0 Å². The largest absolute Gasteiger partial charge is 0.494 e. The first-order valence-electron chi connectivity index (χ1n) is 19.7. The zero-order valence-electron chi connectivity index (χ0n) is 35.9. The van der Waals surface area contributed by atoms with Gasteiger partial charge in [-0.1, -0.05) is 0 Å². The van der Waals surface area contributed by atoms with E-state index < -0.39 is 92.9 Å². The fourth-order valence-corrected chi connectivity index (χ4v) is 11.6. The summed E-state index contributed by atoms with van der Waals surface area (Å²) < 4.78 is 222. The predicted molar refractivity (Wildman–Crippen MR) is 213 cm³/mol. The SMILES string of the molecule is CCOc1cc(OCC)c(S(OS(=O)(=O)C(F)(F)C(F)(F)C(F)(F)C(F)(F)F)(c2c(OCC)cc(OCC)cc2OCC)c2c(OCC)cc(OCC)cc2OCC)c(OCC)c1. The third kappa shape index (κ3) is 10.4. The molecule has 0 atom stereocenters. The summed E-state index contributed by atoms with van der Waals surface area (Å²) in [7, 11) is -13.1. The van der Waals surface area contributed by atoms with Gasteiger partial charge in [0.1, 0.15) is 66.4 Å². The van der Waals surface area contributed by atoms with E-state index in [0.717, 1.165) is 36.4 Å². The Bertz CT molecular complexity index is 1850. The van der Waals surface area contributed by atoms with Crippen molar-refractivity contribution in [3.63, 3.8) is 0 Å². The molecule has 0 saturated carbocycles. The summed E-state index contributed by atoms with van der Waals surface area (Å²) >= 11 is 0. The number of hydrogen-bond donors (Lipinski definition) is 0. The van der Waals surface area contributed by atoms with Crippen molar-refractivity contribution < 1.29 is 94.2 Å². The minimum absolute atomic E-state index is 0.00217. The monoisotopic (exact) mass is 958 g/mol. The highest BCUT2D eigenvalue weighted by atomic mass is 32.3. The van der Waals surface area contributed by atoms with Crippen LogP contribution in [0.4, 0.5) is 39.5 Å². The van der Waals surface area contributed by atoms with Crippen molar-refractivity contribution in [2.75, 3.05) is 59.5 Å². The average Bonchev–Trinajstić information content (AvgIpc) is 3.18. The highest BCUT2D eigenvalue weighted by Gasteiger charge is 2.86. The van der Waals surface area contributed by atoms with E-state index in [0.29, 0.717) is 0 Å². The second-order valence-electron chi connectivity index (χ2n) is 12.4. The molecule has 63 heavy (non-hydrogen) atoms. The van der Waals surface area contributed by atoms with Crippen molar-refractivity contribution in [2.45, 2.75) is 100 Å². The molecule has 12 nitrogen and oxygen atoms in total.